The third-order valence-electron chi connectivity index (χ3n) is 8.99. The number of thiazole rings is 1. The number of Topliss-reactive ketones (excluding diaryl/α,β-unsaturated/α-hetero) is 2. The average Bonchev–Trinajstić information content (AvgIpc) is 3.73. The SMILES string of the molecule is O=C1C(=O)/C(=C\c2sc3cc(-c4ccccc4)ccc3[n+]2CCCS(=O)(=O)O)C(O)=C1/C=C1\Sc2cc(-c3ccccc3)ccc2N1CCCS(=O)(=O)O. The molecule has 0 radical (unpaired) electrons. The summed E-state index contributed by atoms with van der Waals surface area (Å²) in [6.07, 6.45) is 2.98. The first kappa shape index (κ1) is 37.4. The van der Waals surface area contributed by atoms with E-state index in [1.165, 1.54) is 35.3 Å². The molecule has 11 nitrogen and oxygen atoms in total. The highest BCUT2D eigenvalue weighted by Crippen LogP contribution is 2.48. The van der Waals surface area contributed by atoms with Crippen LogP contribution in [-0.2, 0) is 36.4 Å². The number of hydrogen-bond acceptors (Lipinski definition) is 10. The average molecular weight is 802 g/mol. The molecule has 0 saturated carbocycles. The summed E-state index contributed by atoms with van der Waals surface area (Å²) in [6.45, 7) is 0.316. The van der Waals surface area contributed by atoms with Crippen LogP contribution in [0, 0.1) is 0 Å². The third kappa shape index (κ3) is 8.11. The fourth-order valence-corrected chi connectivity index (χ4v) is 9.77. The summed E-state index contributed by atoms with van der Waals surface area (Å²) < 4.78 is 67.5. The van der Waals surface area contributed by atoms with Crippen molar-refractivity contribution in [3.05, 3.63) is 130 Å². The zero-order valence-corrected chi connectivity index (χ0v) is 31.7. The second kappa shape index (κ2) is 15.1. The number of carbonyl (C=O) groups excluding carboxylic acids is 2. The Morgan fingerprint density at radius 1 is 0.704 bits per heavy atom. The number of aliphatic hydroxyl groups excluding tert-OH is 1. The molecule has 2 heterocycles. The van der Waals surface area contributed by atoms with Gasteiger partial charge in [-0.1, -0.05) is 89.8 Å². The Labute approximate surface area is 320 Å². The van der Waals surface area contributed by atoms with E-state index in [0.717, 1.165) is 43.1 Å². The molecule has 0 saturated heterocycles. The van der Waals surface area contributed by atoms with E-state index >= 15 is 0 Å². The van der Waals surface area contributed by atoms with E-state index in [9.17, 15) is 40.6 Å². The molecule has 1 aromatic heterocycles. The van der Waals surface area contributed by atoms with Gasteiger partial charge in [-0.25, -0.2) is 0 Å². The van der Waals surface area contributed by atoms with Crippen molar-refractivity contribution in [3.8, 4) is 22.3 Å². The number of allylic oxidation sites excluding steroid dienone is 3. The highest BCUT2D eigenvalue weighted by Gasteiger charge is 2.38. The summed E-state index contributed by atoms with van der Waals surface area (Å²) in [5, 5.41) is 12.5. The first-order valence-electron chi connectivity index (χ1n) is 16.8. The minimum absolute atomic E-state index is 0.0647. The van der Waals surface area contributed by atoms with Gasteiger partial charge in [0, 0.05) is 30.0 Å². The molecule has 0 spiro atoms. The van der Waals surface area contributed by atoms with Crippen molar-refractivity contribution >= 4 is 76.9 Å². The zero-order valence-electron chi connectivity index (χ0n) is 28.5. The van der Waals surface area contributed by atoms with Gasteiger partial charge in [0.05, 0.1) is 33.4 Å². The quantitative estimate of drug-likeness (QED) is 0.0520. The van der Waals surface area contributed by atoms with Crippen molar-refractivity contribution in [2.24, 2.45) is 0 Å². The molecular weight excluding hydrogens is 769 g/mol. The molecule has 15 heteroatoms. The number of thioether (sulfide) groups is 1. The predicted molar refractivity (Wildman–Crippen MR) is 210 cm³/mol. The van der Waals surface area contributed by atoms with E-state index in [-0.39, 0.29) is 37.1 Å². The summed E-state index contributed by atoms with van der Waals surface area (Å²) in [4.78, 5) is 29.6. The van der Waals surface area contributed by atoms with Gasteiger partial charge in [-0.2, -0.15) is 21.4 Å². The van der Waals surface area contributed by atoms with Gasteiger partial charge in [0.2, 0.25) is 17.1 Å². The number of aryl methyl sites for hydroxylation is 1. The molecule has 0 atom stereocenters. The van der Waals surface area contributed by atoms with Crippen LogP contribution in [0.2, 0.25) is 0 Å². The van der Waals surface area contributed by atoms with Crippen molar-refractivity contribution in [2.75, 3.05) is 23.0 Å². The Morgan fingerprint density at radius 2 is 1.31 bits per heavy atom. The van der Waals surface area contributed by atoms with Crippen molar-refractivity contribution in [2.45, 2.75) is 24.3 Å². The Hall–Kier alpha value is -4.90. The molecular formula is C39H33N2O9S4+. The molecule has 4 aromatic carbocycles. The molecule has 5 aromatic rings. The highest BCUT2D eigenvalue weighted by atomic mass is 32.2. The van der Waals surface area contributed by atoms with Crippen LogP contribution in [-0.4, -0.2) is 60.7 Å². The number of benzene rings is 4. The molecule has 276 valence electrons. The first-order chi connectivity index (χ1) is 25.8. The van der Waals surface area contributed by atoms with E-state index in [1.807, 2.05) is 97.1 Å². The number of ketones is 2. The van der Waals surface area contributed by atoms with E-state index in [4.69, 9.17) is 0 Å². The smallest absolute Gasteiger partial charge is 0.265 e. The molecule has 2 aliphatic rings. The summed E-state index contributed by atoms with van der Waals surface area (Å²) in [5.41, 5.74) is 4.85. The molecule has 0 bridgehead atoms. The lowest BCUT2D eigenvalue weighted by atomic mass is 10.1. The van der Waals surface area contributed by atoms with Crippen molar-refractivity contribution in [1.29, 1.82) is 0 Å². The zero-order chi connectivity index (χ0) is 38.2. The number of aliphatic hydroxyl groups is 1. The fourth-order valence-electron chi connectivity index (χ4n) is 6.44. The van der Waals surface area contributed by atoms with Gasteiger partial charge in [0.1, 0.15) is 10.5 Å². The minimum Gasteiger partial charge on any atom is -0.506 e. The monoisotopic (exact) mass is 801 g/mol. The second-order valence-corrected chi connectivity index (χ2v) is 18.0. The number of anilines is 1. The number of nitrogens with zero attached hydrogens (tertiary/aromatic N) is 2. The van der Waals surface area contributed by atoms with Gasteiger partial charge in [-0.3, -0.25) is 18.7 Å². The van der Waals surface area contributed by atoms with Crippen molar-refractivity contribution in [3.63, 3.8) is 0 Å². The van der Waals surface area contributed by atoms with Gasteiger partial charge in [0.15, 0.2) is 6.54 Å². The van der Waals surface area contributed by atoms with Crippen LogP contribution in [0.1, 0.15) is 17.8 Å². The lowest BCUT2D eigenvalue weighted by Crippen LogP contribution is -2.36. The summed E-state index contributed by atoms with van der Waals surface area (Å²) in [6, 6.07) is 31.0. The summed E-state index contributed by atoms with van der Waals surface area (Å²) in [7, 11) is -8.47. The third-order valence-corrected chi connectivity index (χ3v) is 12.8. The Balaban J connectivity index is 1.28. The van der Waals surface area contributed by atoms with Crippen LogP contribution in [0.4, 0.5) is 5.69 Å². The van der Waals surface area contributed by atoms with E-state index in [0.29, 0.717) is 10.0 Å². The molecule has 1 aliphatic heterocycles. The Morgan fingerprint density at radius 3 is 1.96 bits per heavy atom. The molecule has 3 N–H and O–H groups in total. The van der Waals surface area contributed by atoms with Crippen molar-refractivity contribution < 1.29 is 45.2 Å². The standard InChI is InChI=1S/C39H32N2O9S4/c42-37-29(23-35-40(17-7-19-53(45,46)47)31-15-13-27(21-33(31)51-35)25-9-3-1-4-10-25)38(43)39(44)30(37)24-36-41(18-8-20-54(48,49)50)32-16-14-28(22-34(32)52-36)26-11-5-2-6-12-26/h1-6,9-16,21-24H,7-8,17-20H2,(H2-,42,43,44,45,46,47,48,49,50)/p+1. The number of fused-ring (bicyclic) bond motifs is 2. The lowest BCUT2D eigenvalue weighted by molar-refractivity contribution is -0.668. The van der Waals surface area contributed by atoms with Crippen LogP contribution in [0.5, 0.6) is 0 Å². The maximum absolute atomic E-state index is 13.5. The fraction of sp³-hybridized carbons (Fsp3) is 0.154. The second-order valence-electron chi connectivity index (χ2n) is 12.7. The molecule has 7 rings (SSSR count). The van der Waals surface area contributed by atoms with Gasteiger partial charge in [-0.05, 0) is 59.0 Å². The van der Waals surface area contributed by atoms with Crippen LogP contribution in [0.3, 0.4) is 0 Å². The summed E-state index contributed by atoms with van der Waals surface area (Å²) in [5.74, 6) is -3.33. The minimum atomic E-state index is -4.23. The van der Waals surface area contributed by atoms with Gasteiger partial charge >= 0.3 is 0 Å². The van der Waals surface area contributed by atoms with Crippen LogP contribution in [0.15, 0.2) is 130 Å². The number of hydrogen-bond donors (Lipinski definition) is 3. The Bertz CT molecular complexity index is 2630. The van der Waals surface area contributed by atoms with Gasteiger partial charge in [0.25, 0.3) is 25.2 Å². The first-order valence-corrected chi connectivity index (χ1v) is 21.6. The molecule has 1 aliphatic carbocycles. The van der Waals surface area contributed by atoms with Crippen LogP contribution >= 0.6 is 23.1 Å². The van der Waals surface area contributed by atoms with Crippen LogP contribution in [0.25, 0.3) is 38.5 Å². The maximum Gasteiger partial charge on any atom is 0.265 e. The topological polar surface area (TPSA) is 170 Å². The lowest BCUT2D eigenvalue weighted by Gasteiger charge is -2.20. The normalized spacial score (nSPS) is 16.4. The van der Waals surface area contributed by atoms with E-state index < -0.39 is 49.1 Å². The predicted octanol–water partition coefficient (Wildman–Crippen LogP) is 6.88. The van der Waals surface area contributed by atoms with E-state index in [1.54, 1.807) is 9.47 Å². The molecule has 0 unspecified atom stereocenters. The maximum atomic E-state index is 13.5. The number of rotatable bonds is 12. The van der Waals surface area contributed by atoms with Crippen LogP contribution < -0.4 is 9.47 Å². The number of aromatic nitrogens is 1. The van der Waals surface area contributed by atoms with Gasteiger partial charge in [-0.15, -0.1) is 0 Å². The van der Waals surface area contributed by atoms with E-state index in [2.05, 4.69) is 0 Å². The molecule has 0 fully saturated rings. The molecule has 54 heavy (non-hydrogen) atoms. The Kier molecular flexibility index (Phi) is 10.5. The van der Waals surface area contributed by atoms with Crippen molar-refractivity contribution in [1.82, 2.24) is 0 Å². The highest BCUT2D eigenvalue weighted by molar-refractivity contribution is 8.03. The number of carbonyl (C=O) groups is 2. The summed E-state index contributed by atoms with van der Waals surface area (Å²) >= 11 is 2.60. The molecule has 0 amide bonds. The van der Waals surface area contributed by atoms with Gasteiger partial charge < -0.3 is 10.0 Å². The largest absolute Gasteiger partial charge is 0.506 e.